The summed E-state index contributed by atoms with van der Waals surface area (Å²) in [6.45, 7) is 8.23. The van der Waals surface area contributed by atoms with Crippen LogP contribution in [-0.2, 0) is 12.0 Å². The standard InChI is InChI=1S/C10H19N3O/c1-8(2)5-9-6-13(12-11-9)10(3,4)7-14/h6,8,14H,5,7H2,1-4H3. The summed E-state index contributed by atoms with van der Waals surface area (Å²) in [6, 6.07) is 0. The Hall–Kier alpha value is -0.900. The maximum absolute atomic E-state index is 9.15. The zero-order chi connectivity index (χ0) is 10.8. The van der Waals surface area contributed by atoms with Gasteiger partial charge in [0, 0.05) is 6.20 Å². The van der Waals surface area contributed by atoms with Crippen molar-refractivity contribution in [3.8, 4) is 0 Å². The SMILES string of the molecule is CC(C)Cc1cn(C(C)(C)CO)nn1. The molecule has 1 aromatic heterocycles. The molecule has 0 saturated heterocycles. The van der Waals surface area contributed by atoms with Gasteiger partial charge in [-0.15, -0.1) is 5.10 Å². The van der Waals surface area contributed by atoms with E-state index in [9.17, 15) is 0 Å². The zero-order valence-electron chi connectivity index (χ0n) is 9.36. The number of hydrogen-bond donors (Lipinski definition) is 1. The average molecular weight is 197 g/mol. The maximum Gasteiger partial charge on any atom is 0.0829 e. The van der Waals surface area contributed by atoms with Gasteiger partial charge < -0.3 is 5.11 Å². The van der Waals surface area contributed by atoms with Gasteiger partial charge in [-0.3, -0.25) is 0 Å². The fourth-order valence-corrected chi connectivity index (χ4v) is 1.18. The Morgan fingerprint density at radius 1 is 1.50 bits per heavy atom. The van der Waals surface area contributed by atoms with E-state index in [1.165, 1.54) is 0 Å². The van der Waals surface area contributed by atoms with Crippen molar-refractivity contribution in [1.82, 2.24) is 15.0 Å². The summed E-state index contributed by atoms with van der Waals surface area (Å²) in [4.78, 5) is 0. The summed E-state index contributed by atoms with van der Waals surface area (Å²) in [5.74, 6) is 0.581. The molecule has 0 unspecified atom stereocenters. The van der Waals surface area contributed by atoms with Crippen LogP contribution in [0.15, 0.2) is 6.20 Å². The highest BCUT2D eigenvalue weighted by Crippen LogP contribution is 2.13. The Morgan fingerprint density at radius 2 is 2.14 bits per heavy atom. The van der Waals surface area contributed by atoms with Crippen LogP contribution in [-0.4, -0.2) is 26.7 Å². The first kappa shape index (κ1) is 11.2. The molecule has 14 heavy (non-hydrogen) atoms. The van der Waals surface area contributed by atoms with E-state index in [1.54, 1.807) is 4.68 Å². The minimum absolute atomic E-state index is 0.0669. The first-order chi connectivity index (χ1) is 6.45. The molecule has 1 N–H and O–H groups in total. The van der Waals surface area contributed by atoms with Crippen LogP contribution in [0.25, 0.3) is 0 Å². The second-order valence-electron chi connectivity index (χ2n) is 4.72. The van der Waals surface area contributed by atoms with Crippen LogP contribution in [0, 0.1) is 5.92 Å². The Labute approximate surface area is 84.9 Å². The largest absolute Gasteiger partial charge is 0.394 e. The molecule has 4 nitrogen and oxygen atoms in total. The molecule has 0 bridgehead atoms. The first-order valence-corrected chi connectivity index (χ1v) is 4.98. The summed E-state index contributed by atoms with van der Waals surface area (Å²) in [6.07, 6.45) is 2.84. The molecular weight excluding hydrogens is 178 g/mol. The third kappa shape index (κ3) is 2.54. The molecule has 0 amide bonds. The Bertz CT molecular complexity index is 291. The van der Waals surface area contributed by atoms with Crippen molar-refractivity contribution in [1.29, 1.82) is 0 Å². The number of aliphatic hydroxyl groups excluding tert-OH is 1. The molecule has 0 fully saturated rings. The fraction of sp³-hybridized carbons (Fsp3) is 0.800. The summed E-state index contributed by atoms with van der Waals surface area (Å²) in [5.41, 5.74) is 0.629. The van der Waals surface area contributed by atoms with Crippen LogP contribution >= 0.6 is 0 Å². The molecule has 0 spiro atoms. The van der Waals surface area contributed by atoms with Gasteiger partial charge in [0.25, 0.3) is 0 Å². The van der Waals surface area contributed by atoms with Crippen molar-refractivity contribution < 1.29 is 5.11 Å². The summed E-state index contributed by atoms with van der Waals surface area (Å²) < 4.78 is 1.73. The Morgan fingerprint density at radius 3 is 2.64 bits per heavy atom. The van der Waals surface area contributed by atoms with Gasteiger partial charge in [-0.2, -0.15) is 0 Å². The zero-order valence-corrected chi connectivity index (χ0v) is 9.36. The first-order valence-electron chi connectivity index (χ1n) is 4.98. The second-order valence-corrected chi connectivity index (χ2v) is 4.72. The predicted octanol–water partition coefficient (Wildman–Crippen LogP) is 1.20. The maximum atomic E-state index is 9.15. The van der Waals surface area contributed by atoms with E-state index in [2.05, 4.69) is 24.2 Å². The normalized spacial score (nSPS) is 12.4. The number of aromatic nitrogens is 3. The van der Waals surface area contributed by atoms with Gasteiger partial charge in [0.15, 0.2) is 0 Å². The fourth-order valence-electron chi connectivity index (χ4n) is 1.18. The minimum atomic E-state index is -0.359. The molecule has 0 saturated carbocycles. The van der Waals surface area contributed by atoms with Crippen molar-refractivity contribution in [3.05, 3.63) is 11.9 Å². The molecule has 1 rings (SSSR count). The molecule has 0 aromatic carbocycles. The van der Waals surface area contributed by atoms with Crippen molar-refractivity contribution in [2.24, 2.45) is 5.92 Å². The van der Waals surface area contributed by atoms with Crippen LogP contribution in [0.5, 0.6) is 0 Å². The lowest BCUT2D eigenvalue weighted by Gasteiger charge is -2.20. The van der Waals surface area contributed by atoms with Gasteiger partial charge in [0.1, 0.15) is 0 Å². The van der Waals surface area contributed by atoms with Crippen molar-refractivity contribution in [2.45, 2.75) is 39.7 Å². The van der Waals surface area contributed by atoms with Gasteiger partial charge in [0.05, 0.1) is 17.8 Å². The topological polar surface area (TPSA) is 50.9 Å². The van der Waals surface area contributed by atoms with Gasteiger partial charge in [-0.05, 0) is 26.2 Å². The van der Waals surface area contributed by atoms with Crippen LogP contribution in [0.2, 0.25) is 0 Å². The Kier molecular flexibility index (Phi) is 3.26. The van der Waals surface area contributed by atoms with Gasteiger partial charge in [-0.25, -0.2) is 4.68 Å². The van der Waals surface area contributed by atoms with Crippen LogP contribution < -0.4 is 0 Å². The van der Waals surface area contributed by atoms with Gasteiger partial charge >= 0.3 is 0 Å². The summed E-state index contributed by atoms with van der Waals surface area (Å²) in [5, 5.41) is 17.2. The molecule has 0 atom stereocenters. The highest BCUT2D eigenvalue weighted by molar-refractivity contribution is 4.96. The van der Waals surface area contributed by atoms with E-state index < -0.39 is 0 Å². The van der Waals surface area contributed by atoms with Crippen LogP contribution in [0.3, 0.4) is 0 Å². The van der Waals surface area contributed by atoms with Crippen LogP contribution in [0.4, 0.5) is 0 Å². The molecule has 80 valence electrons. The molecule has 0 radical (unpaired) electrons. The van der Waals surface area contributed by atoms with Gasteiger partial charge in [0.2, 0.25) is 0 Å². The third-order valence-corrected chi connectivity index (χ3v) is 2.17. The van der Waals surface area contributed by atoms with E-state index in [4.69, 9.17) is 5.11 Å². The van der Waals surface area contributed by atoms with E-state index >= 15 is 0 Å². The number of aliphatic hydroxyl groups is 1. The molecule has 4 heteroatoms. The van der Waals surface area contributed by atoms with Crippen LogP contribution in [0.1, 0.15) is 33.4 Å². The molecule has 0 aliphatic carbocycles. The number of rotatable bonds is 4. The second kappa shape index (κ2) is 4.09. The Balaban J connectivity index is 2.77. The third-order valence-electron chi connectivity index (χ3n) is 2.17. The van der Waals surface area contributed by atoms with E-state index in [-0.39, 0.29) is 12.1 Å². The number of hydrogen-bond acceptors (Lipinski definition) is 3. The highest BCUT2D eigenvalue weighted by atomic mass is 16.3. The van der Waals surface area contributed by atoms with Crippen molar-refractivity contribution in [2.75, 3.05) is 6.61 Å². The van der Waals surface area contributed by atoms with Crippen molar-refractivity contribution >= 4 is 0 Å². The van der Waals surface area contributed by atoms with Gasteiger partial charge in [-0.1, -0.05) is 19.1 Å². The van der Waals surface area contributed by atoms with E-state index in [0.29, 0.717) is 5.92 Å². The highest BCUT2D eigenvalue weighted by Gasteiger charge is 2.20. The van der Waals surface area contributed by atoms with Crippen molar-refractivity contribution in [3.63, 3.8) is 0 Å². The molecule has 0 aliphatic heterocycles. The molecule has 1 heterocycles. The lowest BCUT2D eigenvalue weighted by molar-refractivity contribution is 0.150. The monoisotopic (exact) mass is 197 g/mol. The average Bonchev–Trinajstić information content (AvgIpc) is 2.52. The molecule has 0 aliphatic rings. The molecular formula is C10H19N3O. The predicted molar refractivity (Wildman–Crippen MR) is 55.0 cm³/mol. The summed E-state index contributed by atoms with van der Waals surface area (Å²) in [7, 11) is 0. The van der Waals surface area contributed by atoms with E-state index in [1.807, 2.05) is 20.0 Å². The molecule has 1 aromatic rings. The lowest BCUT2D eigenvalue weighted by Crippen LogP contribution is -2.30. The lowest BCUT2D eigenvalue weighted by atomic mass is 10.1. The number of nitrogens with zero attached hydrogens (tertiary/aromatic N) is 3. The quantitative estimate of drug-likeness (QED) is 0.789. The van der Waals surface area contributed by atoms with E-state index in [0.717, 1.165) is 12.1 Å². The minimum Gasteiger partial charge on any atom is -0.394 e. The summed E-state index contributed by atoms with van der Waals surface area (Å²) >= 11 is 0. The smallest absolute Gasteiger partial charge is 0.0829 e.